The zero-order chi connectivity index (χ0) is 16.1. The third-order valence-corrected chi connectivity index (χ3v) is 3.34. The summed E-state index contributed by atoms with van der Waals surface area (Å²) in [5.41, 5.74) is 0.358. The van der Waals surface area contributed by atoms with E-state index in [0.717, 1.165) is 5.39 Å². The number of H-pyrrole nitrogens is 1. The Morgan fingerprint density at radius 3 is 2.52 bits per heavy atom. The number of para-hydroxylation sites is 1. The summed E-state index contributed by atoms with van der Waals surface area (Å²) in [6, 6.07) is 16.3. The van der Waals surface area contributed by atoms with Gasteiger partial charge in [0.2, 0.25) is 0 Å². The highest BCUT2D eigenvalue weighted by Crippen LogP contribution is 2.12. The minimum Gasteiger partial charge on any atom is -0.484 e. The van der Waals surface area contributed by atoms with Crippen LogP contribution in [0, 0.1) is 0 Å². The highest BCUT2D eigenvalue weighted by Gasteiger charge is 2.08. The predicted molar refractivity (Wildman–Crippen MR) is 86.1 cm³/mol. The van der Waals surface area contributed by atoms with E-state index < -0.39 is 0 Å². The van der Waals surface area contributed by atoms with Crippen molar-refractivity contribution in [3.05, 3.63) is 70.6 Å². The topological polar surface area (TPSA) is 84.1 Å². The average Bonchev–Trinajstić information content (AvgIpc) is 2.60. The molecule has 0 aliphatic heterocycles. The van der Waals surface area contributed by atoms with Crippen molar-refractivity contribution in [3.63, 3.8) is 0 Å². The fourth-order valence-corrected chi connectivity index (χ4v) is 2.21. The number of hydrogen-bond donors (Lipinski definition) is 2. The third-order valence-electron chi connectivity index (χ3n) is 3.34. The van der Waals surface area contributed by atoms with Gasteiger partial charge in [-0.25, -0.2) is 5.10 Å². The van der Waals surface area contributed by atoms with E-state index in [9.17, 15) is 9.59 Å². The molecule has 6 nitrogen and oxygen atoms in total. The minimum atomic E-state index is -0.258. The molecule has 2 aromatic carbocycles. The molecular weight excluding hydrogens is 294 g/mol. The van der Waals surface area contributed by atoms with Crippen molar-refractivity contribution in [1.82, 2.24) is 15.5 Å². The van der Waals surface area contributed by atoms with Gasteiger partial charge in [0.25, 0.3) is 11.5 Å². The van der Waals surface area contributed by atoms with Gasteiger partial charge in [0.1, 0.15) is 5.75 Å². The molecule has 0 spiro atoms. The smallest absolute Gasteiger partial charge is 0.272 e. The van der Waals surface area contributed by atoms with Gasteiger partial charge in [-0.2, -0.15) is 5.10 Å². The molecule has 3 aromatic rings. The Kier molecular flexibility index (Phi) is 4.33. The van der Waals surface area contributed by atoms with E-state index in [-0.39, 0.29) is 24.6 Å². The number of benzene rings is 2. The summed E-state index contributed by atoms with van der Waals surface area (Å²) in [7, 11) is 0. The lowest BCUT2D eigenvalue weighted by Gasteiger charge is -2.08. The van der Waals surface area contributed by atoms with E-state index >= 15 is 0 Å². The minimum absolute atomic E-state index is 0.0781. The van der Waals surface area contributed by atoms with Crippen molar-refractivity contribution in [2.75, 3.05) is 6.61 Å². The molecule has 2 N–H and O–H groups in total. The van der Waals surface area contributed by atoms with Crippen molar-refractivity contribution in [1.29, 1.82) is 0 Å². The number of rotatable bonds is 5. The van der Waals surface area contributed by atoms with Crippen molar-refractivity contribution in [2.24, 2.45) is 0 Å². The molecule has 0 bridgehead atoms. The van der Waals surface area contributed by atoms with E-state index in [1.54, 1.807) is 30.3 Å². The average molecular weight is 309 g/mol. The first-order valence-electron chi connectivity index (χ1n) is 7.15. The zero-order valence-corrected chi connectivity index (χ0v) is 12.3. The van der Waals surface area contributed by atoms with Crippen molar-refractivity contribution in [3.8, 4) is 5.75 Å². The molecular formula is C17H15N3O3. The zero-order valence-electron chi connectivity index (χ0n) is 12.3. The number of ether oxygens (including phenoxy) is 1. The molecule has 0 atom stereocenters. The van der Waals surface area contributed by atoms with Crippen LogP contribution in [-0.2, 0) is 11.3 Å². The molecule has 0 saturated carbocycles. The van der Waals surface area contributed by atoms with Gasteiger partial charge in [-0.05, 0) is 18.2 Å². The van der Waals surface area contributed by atoms with E-state index in [2.05, 4.69) is 15.5 Å². The standard InChI is InChI=1S/C17H15N3O3/c21-16(11-23-12-6-2-1-3-7-12)18-10-15-13-8-4-5-9-14(13)17(22)20-19-15/h1-9H,10-11H2,(H,18,21)(H,20,22). The molecule has 1 aromatic heterocycles. The summed E-state index contributed by atoms with van der Waals surface area (Å²) < 4.78 is 5.37. The van der Waals surface area contributed by atoms with Crippen LogP contribution in [0.3, 0.4) is 0 Å². The number of carbonyl (C=O) groups excluding carboxylic acids is 1. The van der Waals surface area contributed by atoms with Crippen LogP contribution in [0.15, 0.2) is 59.4 Å². The van der Waals surface area contributed by atoms with Crippen LogP contribution < -0.4 is 15.6 Å². The van der Waals surface area contributed by atoms with Gasteiger partial charge in [0, 0.05) is 5.39 Å². The quantitative estimate of drug-likeness (QED) is 0.750. The van der Waals surface area contributed by atoms with E-state index in [4.69, 9.17) is 4.74 Å². The third kappa shape index (κ3) is 3.55. The van der Waals surface area contributed by atoms with Crippen LogP contribution in [-0.4, -0.2) is 22.7 Å². The number of nitrogens with one attached hydrogen (secondary N) is 2. The van der Waals surface area contributed by atoms with Gasteiger partial charge in [0.15, 0.2) is 6.61 Å². The molecule has 1 amide bonds. The fourth-order valence-electron chi connectivity index (χ4n) is 2.21. The Bertz CT molecular complexity index is 875. The van der Waals surface area contributed by atoms with Gasteiger partial charge in [-0.15, -0.1) is 0 Å². The Hall–Kier alpha value is -3.15. The van der Waals surface area contributed by atoms with Crippen LogP contribution in [0.4, 0.5) is 0 Å². The number of fused-ring (bicyclic) bond motifs is 1. The summed E-state index contributed by atoms with van der Waals surface area (Å²) in [6.45, 7) is 0.138. The number of carbonyl (C=O) groups is 1. The molecule has 0 aliphatic rings. The second kappa shape index (κ2) is 6.74. The first-order valence-corrected chi connectivity index (χ1v) is 7.15. The maximum atomic E-state index is 11.9. The fraction of sp³-hybridized carbons (Fsp3) is 0.118. The molecule has 0 saturated heterocycles. The summed E-state index contributed by atoms with van der Waals surface area (Å²) >= 11 is 0. The van der Waals surface area contributed by atoms with Gasteiger partial charge < -0.3 is 10.1 Å². The normalized spacial score (nSPS) is 10.4. The monoisotopic (exact) mass is 309 g/mol. The molecule has 6 heteroatoms. The molecule has 3 rings (SSSR count). The molecule has 116 valence electrons. The van der Waals surface area contributed by atoms with Crippen LogP contribution in [0.5, 0.6) is 5.75 Å². The number of aromatic nitrogens is 2. The summed E-state index contributed by atoms with van der Waals surface area (Å²) in [4.78, 5) is 23.6. The lowest BCUT2D eigenvalue weighted by atomic mass is 10.1. The Morgan fingerprint density at radius 2 is 1.74 bits per heavy atom. The van der Waals surface area contributed by atoms with E-state index in [1.807, 2.05) is 24.3 Å². The lowest BCUT2D eigenvalue weighted by Crippen LogP contribution is -2.29. The predicted octanol–water partition coefficient (Wildman–Crippen LogP) is 1.62. The highest BCUT2D eigenvalue weighted by atomic mass is 16.5. The molecule has 0 unspecified atom stereocenters. The van der Waals surface area contributed by atoms with Gasteiger partial charge in [0.05, 0.1) is 17.6 Å². The van der Waals surface area contributed by atoms with E-state index in [0.29, 0.717) is 16.8 Å². The summed E-state index contributed by atoms with van der Waals surface area (Å²) in [5, 5.41) is 10.4. The Balaban J connectivity index is 1.63. The summed E-state index contributed by atoms with van der Waals surface area (Å²) in [5.74, 6) is 0.376. The van der Waals surface area contributed by atoms with Crippen LogP contribution >= 0.6 is 0 Å². The maximum absolute atomic E-state index is 11.9. The molecule has 0 aliphatic carbocycles. The van der Waals surface area contributed by atoms with Crippen LogP contribution in [0.1, 0.15) is 5.69 Å². The number of hydrogen-bond acceptors (Lipinski definition) is 4. The van der Waals surface area contributed by atoms with Crippen LogP contribution in [0.2, 0.25) is 0 Å². The van der Waals surface area contributed by atoms with Crippen molar-refractivity contribution >= 4 is 16.7 Å². The Morgan fingerprint density at radius 1 is 1.04 bits per heavy atom. The number of amides is 1. The maximum Gasteiger partial charge on any atom is 0.272 e. The summed E-state index contributed by atoms with van der Waals surface area (Å²) in [6.07, 6.45) is 0. The van der Waals surface area contributed by atoms with Crippen molar-refractivity contribution in [2.45, 2.75) is 6.54 Å². The molecule has 0 radical (unpaired) electrons. The van der Waals surface area contributed by atoms with Crippen molar-refractivity contribution < 1.29 is 9.53 Å². The Labute approximate surface area is 132 Å². The number of aromatic amines is 1. The van der Waals surface area contributed by atoms with Gasteiger partial charge >= 0.3 is 0 Å². The van der Waals surface area contributed by atoms with Gasteiger partial charge in [-0.3, -0.25) is 9.59 Å². The largest absolute Gasteiger partial charge is 0.484 e. The first kappa shape index (κ1) is 14.8. The molecule has 23 heavy (non-hydrogen) atoms. The first-order chi connectivity index (χ1) is 11.2. The molecule has 1 heterocycles. The van der Waals surface area contributed by atoms with Gasteiger partial charge in [-0.1, -0.05) is 36.4 Å². The molecule has 0 fully saturated rings. The second-order valence-corrected chi connectivity index (χ2v) is 4.92. The number of nitrogens with zero attached hydrogens (tertiary/aromatic N) is 1. The van der Waals surface area contributed by atoms with Crippen LogP contribution in [0.25, 0.3) is 10.8 Å². The highest BCUT2D eigenvalue weighted by molar-refractivity contribution is 5.84. The SMILES string of the molecule is O=C(COc1ccccc1)NCc1n[nH]c(=O)c2ccccc12. The lowest BCUT2D eigenvalue weighted by molar-refractivity contribution is -0.123. The van der Waals surface area contributed by atoms with E-state index in [1.165, 1.54) is 0 Å². The second-order valence-electron chi connectivity index (χ2n) is 4.92.